The lowest BCUT2D eigenvalue weighted by Gasteiger charge is -2.44. The molecule has 17 rings (SSSR count). The Labute approximate surface area is 551 Å². The van der Waals surface area contributed by atoms with Crippen LogP contribution in [0.25, 0.3) is 105 Å². The van der Waals surface area contributed by atoms with Gasteiger partial charge in [0.05, 0.1) is 22.3 Å². The molecule has 0 radical (unpaired) electrons. The van der Waals surface area contributed by atoms with Crippen LogP contribution in [0.3, 0.4) is 0 Å². The smallest absolute Gasteiger partial charge is 0.311 e. The Morgan fingerprint density at radius 1 is 0.284 bits per heavy atom. The van der Waals surface area contributed by atoms with Gasteiger partial charge < -0.3 is 14.4 Å². The molecule has 3 nitrogen and oxygen atoms in total. The van der Waals surface area contributed by atoms with Crippen molar-refractivity contribution in [2.45, 2.75) is 26.9 Å². The number of alkyl halides is 3. The zero-order valence-electron chi connectivity index (χ0n) is 52.6. The normalized spacial score (nSPS) is 12.5. The number of aromatic nitrogens is 1. The van der Waals surface area contributed by atoms with E-state index in [1.165, 1.54) is 22.5 Å². The maximum Gasteiger partial charge on any atom is 0.417 e. The molecule has 3 heterocycles. The zero-order valence-corrected chi connectivity index (χ0v) is 52.6. The fourth-order valence-electron chi connectivity index (χ4n) is 15.0. The first-order valence-corrected chi connectivity index (χ1v) is 32.4. The van der Waals surface area contributed by atoms with Gasteiger partial charge in [0.25, 0.3) is 6.71 Å². The Kier molecular flexibility index (Phi) is 13.8. The van der Waals surface area contributed by atoms with Gasteiger partial charge in [-0.1, -0.05) is 242 Å². The van der Waals surface area contributed by atoms with Gasteiger partial charge in [-0.2, -0.15) is 13.2 Å². The fraction of sp³-hybridized carbons (Fsp3) is 0.0455. The van der Waals surface area contributed by atoms with E-state index < -0.39 is 11.7 Å². The molecule has 0 bridgehead atoms. The number of fused-ring (bicyclic) bond motifs is 7. The van der Waals surface area contributed by atoms with Crippen molar-refractivity contribution in [2.75, 3.05) is 9.80 Å². The van der Waals surface area contributed by atoms with Gasteiger partial charge in [0.15, 0.2) is 0 Å². The molecule has 1 aromatic heterocycles. The van der Waals surface area contributed by atoms with Crippen LogP contribution in [0.1, 0.15) is 22.3 Å². The quantitative estimate of drug-likeness (QED) is 0.126. The summed E-state index contributed by atoms with van der Waals surface area (Å²) in [6.07, 6.45) is -4.55. The van der Waals surface area contributed by atoms with Crippen molar-refractivity contribution in [3.05, 3.63) is 338 Å². The molecular weight excluding hydrogens is 1170 g/mol. The molecule has 0 amide bonds. The number of hydrogen-bond donors (Lipinski definition) is 0. The maximum absolute atomic E-state index is 15.0. The van der Waals surface area contributed by atoms with Gasteiger partial charge in [-0.25, -0.2) is 0 Å². The van der Waals surface area contributed by atoms with Crippen LogP contribution in [0.5, 0.6) is 0 Å². The standard InChI is InChI=1S/C88H61BF3N3/c1-56-28-42-72(58(3)48-56)75-51-68(73-43-29-57(2)49-77(73)88(90,91)92)37-45-81(75)95-80-27-17-16-26-74(80)76-50-65(34-44-82(76)95)69-54-85-87-86(55-69)94(71-40-32-64(33-41-71)60-20-10-5-11-21-60)84-47-36-67(62-24-14-7-15-25-62)53-79(84)89(87)78-52-66(61-22-12-6-13-23-61)35-46-83(78)93(85)70-38-30-63(31-39-70)59-18-8-4-9-19-59/h4-55H,1-3H3. The summed E-state index contributed by atoms with van der Waals surface area (Å²) in [4.78, 5) is 4.99. The summed E-state index contributed by atoms with van der Waals surface area (Å²) in [6.45, 7) is 5.67. The number of nitrogens with zero attached hydrogens (tertiary/aromatic N) is 3. The Morgan fingerprint density at radius 3 is 1.23 bits per heavy atom. The number of anilines is 6. The summed E-state index contributed by atoms with van der Waals surface area (Å²) in [5.41, 5.74) is 28.7. The van der Waals surface area contributed by atoms with E-state index in [2.05, 4.69) is 307 Å². The minimum atomic E-state index is -4.55. The second-order valence-electron chi connectivity index (χ2n) is 25.3. The minimum Gasteiger partial charge on any atom is -0.311 e. The summed E-state index contributed by atoms with van der Waals surface area (Å²) in [5, 5.41) is 2.11. The first kappa shape index (κ1) is 57.3. The zero-order chi connectivity index (χ0) is 64.1. The lowest BCUT2D eigenvalue weighted by Crippen LogP contribution is -2.61. The Morgan fingerprint density at radius 2 is 0.705 bits per heavy atom. The highest BCUT2D eigenvalue weighted by Crippen LogP contribution is 2.49. The molecule has 7 heteroatoms. The van der Waals surface area contributed by atoms with Gasteiger partial charge in [-0.3, -0.25) is 0 Å². The van der Waals surface area contributed by atoms with Crippen LogP contribution in [0.15, 0.2) is 315 Å². The predicted molar refractivity (Wildman–Crippen MR) is 392 cm³/mol. The third-order valence-electron chi connectivity index (χ3n) is 19.5. The predicted octanol–water partition coefficient (Wildman–Crippen LogP) is 22.5. The van der Waals surface area contributed by atoms with Gasteiger partial charge in [0.2, 0.25) is 0 Å². The molecule has 15 aromatic rings. The summed E-state index contributed by atoms with van der Waals surface area (Å²) in [6, 6.07) is 112. The molecule has 95 heavy (non-hydrogen) atoms. The molecule has 0 atom stereocenters. The van der Waals surface area contributed by atoms with E-state index in [-0.39, 0.29) is 12.3 Å². The van der Waals surface area contributed by atoms with Gasteiger partial charge >= 0.3 is 6.18 Å². The van der Waals surface area contributed by atoms with E-state index in [0.29, 0.717) is 11.1 Å². The Bertz CT molecular complexity index is 5290. The topological polar surface area (TPSA) is 11.4 Å². The van der Waals surface area contributed by atoms with E-state index >= 15 is 0 Å². The van der Waals surface area contributed by atoms with Crippen LogP contribution in [-0.4, -0.2) is 11.3 Å². The molecule has 14 aromatic carbocycles. The van der Waals surface area contributed by atoms with Crippen molar-refractivity contribution in [1.82, 2.24) is 4.57 Å². The molecule has 0 spiro atoms. The van der Waals surface area contributed by atoms with Crippen LogP contribution >= 0.6 is 0 Å². The number of benzene rings is 14. The van der Waals surface area contributed by atoms with Gasteiger partial charge in [-0.05, 0) is 200 Å². The number of para-hydroxylation sites is 1. The second kappa shape index (κ2) is 22.9. The van der Waals surface area contributed by atoms with Gasteiger partial charge in [-0.15, -0.1) is 0 Å². The number of hydrogen-bond acceptors (Lipinski definition) is 2. The monoisotopic (exact) mass is 1230 g/mol. The number of aryl methyl sites for hydroxylation is 3. The molecule has 0 aliphatic carbocycles. The maximum atomic E-state index is 15.0. The highest BCUT2D eigenvalue weighted by Gasteiger charge is 2.44. The SMILES string of the molecule is Cc1ccc(-c2cc(-c3ccc(C)cc3C(F)(F)F)ccc2-n2c3ccccc3c3cc(-c4cc5c6c(c4)N(c4ccc(-c7ccccc7)cc4)c4ccc(-c7ccccc7)cc4B6c4cc(-c6ccccc6)ccc4N5c4ccc(-c5ccccc5)cc4)ccc32)c(C)c1. The number of halogens is 3. The molecular formula is C88H61BF3N3. The van der Waals surface area contributed by atoms with E-state index in [1.807, 2.05) is 18.2 Å². The molecule has 2 aliphatic rings. The molecule has 0 unspecified atom stereocenters. The lowest BCUT2D eigenvalue weighted by atomic mass is 9.33. The highest BCUT2D eigenvalue weighted by atomic mass is 19.4. The summed E-state index contributed by atoms with van der Waals surface area (Å²) < 4.78 is 47.2. The Hall–Kier alpha value is -11.7. The van der Waals surface area contributed by atoms with Crippen molar-refractivity contribution >= 4 is 79.0 Å². The van der Waals surface area contributed by atoms with E-state index in [0.717, 1.165) is 140 Å². The number of rotatable bonds is 10. The summed E-state index contributed by atoms with van der Waals surface area (Å²) in [5.74, 6) is 0. The fourth-order valence-corrected chi connectivity index (χ4v) is 15.0. The first-order valence-electron chi connectivity index (χ1n) is 32.4. The molecule has 0 fully saturated rings. The van der Waals surface area contributed by atoms with Crippen molar-refractivity contribution in [3.8, 4) is 83.6 Å². The van der Waals surface area contributed by atoms with Crippen molar-refractivity contribution in [1.29, 1.82) is 0 Å². The van der Waals surface area contributed by atoms with Crippen LogP contribution < -0.4 is 26.2 Å². The summed E-state index contributed by atoms with van der Waals surface area (Å²) in [7, 11) is 0. The molecule has 0 N–H and O–H groups in total. The third-order valence-corrected chi connectivity index (χ3v) is 19.5. The van der Waals surface area contributed by atoms with Gasteiger partial charge in [0.1, 0.15) is 0 Å². The largest absolute Gasteiger partial charge is 0.417 e. The second-order valence-corrected chi connectivity index (χ2v) is 25.3. The first-order chi connectivity index (χ1) is 46.5. The van der Waals surface area contributed by atoms with Gasteiger partial charge in [0, 0.05) is 50.5 Å². The van der Waals surface area contributed by atoms with Crippen LogP contribution in [0.4, 0.5) is 47.3 Å². The average molecular weight is 1230 g/mol. The molecule has 0 saturated carbocycles. The van der Waals surface area contributed by atoms with Crippen molar-refractivity contribution in [2.24, 2.45) is 0 Å². The summed E-state index contributed by atoms with van der Waals surface area (Å²) >= 11 is 0. The Balaban J connectivity index is 0.919. The third kappa shape index (κ3) is 9.93. The molecule has 0 saturated heterocycles. The average Bonchev–Trinajstić information content (AvgIpc) is 1.18. The van der Waals surface area contributed by atoms with E-state index in [4.69, 9.17) is 0 Å². The molecule has 452 valence electrons. The minimum absolute atomic E-state index is 0.148. The van der Waals surface area contributed by atoms with E-state index in [9.17, 15) is 13.2 Å². The molecule has 2 aliphatic heterocycles. The lowest BCUT2D eigenvalue weighted by molar-refractivity contribution is -0.137. The van der Waals surface area contributed by atoms with Crippen LogP contribution in [0, 0.1) is 20.8 Å². The van der Waals surface area contributed by atoms with E-state index in [1.54, 1.807) is 19.1 Å². The van der Waals surface area contributed by atoms with Crippen LogP contribution in [0.2, 0.25) is 0 Å². The van der Waals surface area contributed by atoms with Crippen molar-refractivity contribution in [3.63, 3.8) is 0 Å². The highest BCUT2D eigenvalue weighted by molar-refractivity contribution is 7.00. The van der Waals surface area contributed by atoms with Crippen LogP contribution in [-0.2, 0) is 6.18 Å². The van der Waals surface area contributed by atoms with Crippen molar-refractivity contribution < 1.29 is 13.2 Å².